The Morgan fingerprint density at radius 1 is 1.42 bits per heavy atom. The summed E-state index contributed by atoms with van der Waals surface area (Å²) >= 11 is 0. The van der Waals surface area contributed by atoms with Gasteiger partial charge in [-0.2, -0.15) is 0 Å². The van der Waals surface area contributed by atoms with E-state index in [0.717, 1.165) is 19.0 Å². The molecule has 5 nitrogen and oxygen atoms in total. The van der Waals surface area contributed by atoms with Crippen molar-refractivity contribution < 1.29 is 19.0 Å². The lowest BCUT2D eigenvalue weighted by Crippen LogP contribution is -2.33. The van der Waals surface area contributed by atoms with Crippen LogP contribution in [0, 0.1) is 5.82 Å². The summed E-state index contributed by atoms with van der Waals surface area (Å²) in [6.07, 6.45) is 1.24. The lowest BCUT2D eigenvalue weighted by atomic mass is 10.2. The molecule has 0 radical (unpaired) electrons. The molecule has 2 N–H and O–H groups in total. The van der Waals surface area contributed by atoms with Gasteiger partial charge >= 0.3 is 6.09 Å². The van der Waals surface area contributed by atoms with Gasteiger partial charge in [-0.1, -0.05) is 0 Å². The first kappa shape index (κ1) is 17.3. The fourth-order valence-corrected chi connectivity index (χ4v) is 1.16. The van der Waals surface area contributed by atoms with Crippen LogP contribution >= 0.6 is 0 Å². The fraction of sp³-hybridized carbons (Fsp3) is 0.538. The molecular weight excluding hydrogens is 251 g/mol. The number of carbonyl (C=O) groups is 1. The highest BCUT2D eigenvalue weighted by Gasteiger charge is 2.15. The predicted octanol–water partition coefficient (Wildman–Crippen LogP) is 1.90. The van der Waals surface area contributed by atoms with Crippen LogP contribution in [0.1, 0.15) is 26.5 Å². The fourth-order valence-electron chi connectivity index (χ4n) is 1.16. The number of hydrogen-bond donors (Lipinski definition) is 2. The van der Waals surface area contributed by atoms with Crippen molar-refractivity contribution in [3.05, 3.63) is 29.8 Å². The molecule has 0 aliphatic rings. The first-order valence-corrected chi connectivity index (χ1v) is 5.89. The summed E-state index contributed by atoms with van der Waals surface area (Å²) in [7, 11) is 1.00. The Balaban J connectivity index is 0.00000154. The first-order valence-electron chi connectivity index (χ1n) is 5.89. The van der Waals surface area contributed by atoms with Crippen molar-refractivity contribution >= 4 is 6.09 Å². The van der Waals surface area contributed by atoms with Crippen LogP contribution in [0.25, 0.3) is 0 Å². The second-order valence-corrected chi connectivity index (χ2v) is 4.65. The average molecular weight is 272 g/mol. The lowest BCUT2D eigenvalue weighted by molar-refractivity contribution is 0.0528. The third kappa shape index (κ3) is 8.96. The minimum absolute atomic E-state index is 0.367. The van der Waals surface area contributed by atoms with E-state index < -0.39 is 11.7 Å². The zero-order valence-corrected chi connectivity index (χ0v) is 11.7. The summed E-state index contributed by atoms with van der Waals surface area (Å²) < 4.78 is 17.6. The van der Waals surface area contributed by atoms with Crippen molar-refractivity contribution in [1.82, 2.24) is 10.3 Å². The molecule has 1 aromatic heterocycles. The predicted molar refractivity (Wildman–Crippen MR) is 70.3 cm³/mol. The Morgan fingerprint density at radius 2 is 2.05 bits per heavy atom. The van der Waals surface area contributed by atoms with Crippen molar-refractivity contribution in [1.29, 1.82) is 0 Å². The van der Waals surface area contributed by atoms with Crippen LogP contribution in [0.2, 0.25) is 0 Å². The molecule has 6 heteroatoms. The van der Waals surface area contributed by atoms with Gasteiger partial charge in [0.25, 0.3) is 0 Å². The summed E-state index contributed by atoms with van der Waals surface area (Å²) in [5.41, 5.74) is 0.223. The highest BCUT2D eigenvalue weighted by atomic mass is 19.1. The van der Waals surface area contributed by atoms with Gasteiger partial charge in [-0.15, -0.1) is 0 Å². The number of rotatable bonds is 3. The summed E-state index contributed by atoms with van der Waals surface area (Å²) in [6, 6.07) is 2.93. The number of aliphatic hydroxyl groups excluding tert-OH is 1. The Bertz CT molecular complexity index is 374. The number of aliphatic hydroxyl groups is 1. The van der Waals surface area contributed by atoms with Crippen LogP contribution < -0.4 is 5.32 Å². The van der Waals surface area contributed by atoms with Gasteiger partial charge in [-0.05, 0) is 32.9 Å². The van der Waals surface area contributed by atoms with Gasteiger partial charge in [-0.3, -0.25) is 4.98 Å². The minimum atomic E-state index is -0.502. The second kappa shape index (κ2) is 8.42. The molecule has 1 aromatic rings. The maximum atomic E-state index is 12.6. The van der Waals surface area contributed by atoms with Crippen molar-refractivity contribution in [3.63, 3.8) is 0 Å². The van der Waals surface area contributed by atoms with Gasteiger partial charge in [0.05, 0.1) is 6.20 Å². The smallest absolute Gasteiger partial charge is 0.407 e. The Morgan fingerprint density at radius 3 is 2.53 bits per heavy atom. The normalized spacial score (nSPS) is 10.2. The number of ether oxygens (including phenoxy) is 1. The van der Waals surface area contributed by atoms with Gasteiger partial charge in [0, 0.05) is 25.8 Å². The molecule has 0 unspecified atom stereocenters. The molecule has 0 aliphatic carbocycles. The Hall–Kier alpha value is -1.69. The van der Waals surface area contributed by atoms with Crippen LogP contribution in [0.3, 0.4) is 0 Å². The van der Waals surface area contributed by atoms with E-state index in [1.807, 2.05) is 0 Å². The summed E-state index contributed by atoms with van der Waals surface area (Å²) in [6.45, 7) is 5.81. The standard InChI is InChI=1S/C12H17FN2O2.CH4O/c1-12(2,3)17-11(16)14-7-6-10-5-4-9(13)8-15-10;1-2/h4-5,8H,6-7H2,1-3H3,(H,14,16);2H,1H3. The van der Waals surface area contributed by atoms with E-state index >= 15 is 0 Å². The molecule has 108 valence electrons. The van der Waals surface area contributed by atoms with Crippen LogP contribution in [0.4, 0.5) is 9.18 Å². The number of nitrogens with one attached hydrogen (secondary N) is 1. The maximum absolute atomic E-state index is 12.6. The van der Waals surface area contributed by atoms with Crippen molar-refractivity contribution in [2.45, 2.75) is 32.8 Å². The summed E-state index contributed by atoms with van der Waals surface area (Å²) in [5.74, 6) is -0.367. The number of carbonyl (C=O) groups excluding carboxylic acids is 1. The summed E-state index contributed by atoms with van der Waals surface area (Å²) in [4.78, 5) is 15.2. The monoisotopic (exact) mass is 272 g/mol. The number of nitrogens with zero attached hydrogens (tertiary/aromatic N) is 1. The van der Waals surface area contributed by atoms with E-state index in [2.05, 4.69) is 10.3 Å². The second-order valence-electron chi connectivity index (χ2n) is 4.65. The zero-order valence-electron chi connectivity index (χ0n) is 11.7. The highest BCUT2D eigenvalue weighted by molar-refractivity contribution is 5.67. The van der Waals surface area contributed by atoms with E-state index in [1.165, 1.54) is 6.07 Å². The van der Waals surface area contributed by atoms with Crippen molar-refractivity contribution in [2.75, 3.05) is 13.7 Å². The van der Waals surface area contributed by atoms with E-state index in [4.69, 9.17) is 9.84 Å². The molecule has 0 atom stereocenters. The van der Waals surface area contributed by atoms with Crippen molar-refractivity contribution in [2.24, 2.45) is 0 Å². The van der Waals surface area contributed by atoms with Gasteiger partial charge in [0.2, 0.25) is 0 Å². The van der Waals surface area contributed by atoms with E-state index in [0.29, 0.717) is 13.0 Å². The number of amides is 1. The number of alkyl carbamates (subject to hydrolysis) is 1. The molecule has 1 heterocycles. The lowest BCUT2D eigenvalue weighted by Gasteiger charge is -2.19. The molecule has 1 rings (SSSR count). The third-order valence-electron chi connectivity index (χ3n) is 1.84. The van der Waals surface area contributed by atoms with Crippen LogP contribution in [0.5, 0.6) is 0 Å². The summed E-state index contributed by atoms with van der Waals surface area (Å²) in [5, 5.41) is 9.61. The van der Waals surface area contributed by atoms with Crippen molar-refractivity contribution in [3.8, 4) is 0 Å². The van der Waals surface area contributed by atoms with E-state index in [9.17, 15) is 9.18 Å². The molecule has 19 heavy (non-hydrogen) atoms. The number of aromatic nitrogens is 1. The van der Waals surface area contributed by atoms with E-state index in [1.54, 1.807) is 26.8 Å². The zero-order chi connectivity index (χ0) is 14.9. The molecule has 0 saturated heterocycles. The topological polar surface area (TPSA) is 71.5 Å². The molecule has 0 aromatic carbocycles. The molecule has 0 aliphatic heterocycles. The van der Waals surface area contributed by atoms with Gasteiger partial charge < -0.3 is 15.2 Å². The maximum Gasteiger partial charge on any atom is 0.407 e. The molecular formula is C13H21FN2O3. The Labute approximate surface area is 112 Å². The van der Waals surface area contributed by atoms with E-state index in [-0.39, 0.29) is 5.82 Å². The minimum Gasteiger partial charge on any atom is -0.444 e. The third-order valence-corrected chi connectivity index (χ3v) is 1.84. The van der Waals surface area contributed by atoms with Crippen LogP contribution in [-0.4, -0.2) is 35.4 Å². The van der Waals surface area contributed by atoms with Gasteiger partial charge in [0.15, 0.2) is 0 Å². The van der Waals surface area contributed by atoms with Gasteiger partial charge in [-0.25, -0.2) is 9.18 Å². The molecule has 0 bridgehead atoms. The SMILES string of the molecule is CC(C)(C)OC(=O)NCCc1ccc(F)cn1.CO. The molecule has 0 spiro atoms. The molecule has 0 fully saturated rings. The molecule has 0 saturated carbocycles. The first-order chi connectivity index (χ1) is 8.87. The van der Waals surface area contributed by atoms with Gasteiger partial charge in [0.1, 0.15) is 11.4 Å². The number of halogens is 1. The average Bonchev–Trinajstić information content (AvgIpc) is 2.32. The highest BCUT2D eigenvalue weighted by Crippen LogP contribution is 2.06. The van der Waals surface area contributed by atoms with Crippen LogP contribution in [-0.2, 0) is 11.2 Å². The number of hydrogen-bond acceptors (Lipinski definition) is 4. The quantitative estimate of drug-likeness (QED) is 0.881. The van der Waals surface area contributed by atoms with Crippen LogP contribution in [0.15, 0.2) is 18.3 Å². The molecule has 1 amide bonds. The Kier molecular flexibility index (Phi) is 7.67. The number of pyridine rings is 1. The largest absolute Gasteiger partial charge is 0.444 e.